The van der Waals surface area contributed by atoms with Crippen molar-refractivity contribution >= 4 is 29.1 Å². The number of alkyl halides is 6. The third kappa shape index (κ3) is 7.16. The number of carbonyl (C=O) groups excluding carboxylic acids is 3. The lowest BCUT2D eigenvalue weighted by atomic mass is 9.83. The molecule has 0 saturated carbocycles. The molecule has 0 aliphatic carbocycles. The SMILES string of the molecule is NC(=O)[C@@H](CCC(F)(F)F)[C@@H](CCC(F)(F)F)C(=O)N[C@H]1N=C(c2ccccc2)c2cccc3c2N(CCO3)C1=O. The largest absolute Gasteiger partial charge is 0.490 e. The number of nitrogens with two attached hydrogens (primary N) is 1. The van der Waals surface area contributed by atoms with Crippen LogP contribution in [0.25, 0.3) is 0 Å². The molecule has 3 amide bonds. The molecule has 0 radical (unpaired) electrons. The van der Waals surface area contributed by atoms with E-state index in [1.165, 1.54) is 4.90 Å². The summed E-state index contributed by atoms with van der Waals surface area (Å²) in [5.41, 5.74) is 6.97. The van der Waals surface area contributed by atoms with E-state index in [1.807, 2.05) is 0 Å². The molecule has 3 N–H and O–H groups in total. The highest BCUT2D eigenvalue weighted by Gasteiger charge is 2.42. The van der Waals surface area contributed by atoms with Crippen LogP contribution in [-0.2, 0) is 14.4 Å². The molecule has 2 aromatic rings. The number of rotatable bonds is 9. The Labute approximate surface area is 230 Å². The fourth-order valence-electron chi connectivity index (χ4n) is 4.95. The van der Waals surface area contributed by atoms with Gasteiger partial charge < -0.3 is 20.7 Å². The number of anilines is 1. The second-order valence-electron chi connectivity index (χ2n) is 9.67. The summed E-state index contributed by atoms with van der Waals surface area (Å²) in [5.74, 6) is -6.73. The van der Waals surface area contributed by atoms with Gasteiger partial charge in [0.1, 0.15) is 12.4 Å². The van der Waals surface area contributed by atoms with E-state index in [2.05, 4.69) is 10.3 Å². The number of primary amides is 1. The lowest BCUT2D eigenvalue weighted by molar-refractivity contribution is -0.152. The number of nitrogens with one attached hydrogen (secondary N) is 1. The zero-order chi connectivity index (χ0) is 29.9. The number of carbonyl (C=O) groups is 3. The lowest BCUT2D eigenvalue weighted by Gasteiger charge is -2.31. The van der Waals surface area contributed by atoms with E-state index >= 15 is 0 Å². The second-order valence-corrected chi connectivity index (χ2v) is 9.67. The average molecular weight is 585 g/mol. The smallest absolute Gasteiger partial charge is 0.389 e. The maximum atomic E-state index is 13.7. The standard InChI is InChI=1S/C27H26F6N4O4/c28-26(29,30)11-9-16(22(34)38)17(10-12-27(31,32)33)24(39)36-23-25(40)37-13-14-41-19-8-4-7-18(21(19)37)20(35-23)15-5-2-1-3-6-15/h1-8,16-17,23H,9-14H2,(H2,34,38)(H,36,39)/t16-,17+,23+/m0/s1. The molecule has 41 heavy (non-hydrogen) atoms. The predicted octanol–water partition coefficient (Wildman–Crippen LogP) is 4.11. The zero-order valence-electron chi connectivity index (χ0n) is 21.5. The Morgan fingerprint density at radius 1 is 0.976 bits per heavy atom. The van der Waals surface area contributed by atoms with Gasteiger partial charge in [-0.2, -0.15) is 26.3 Å². The number of aliphatic imine (C=N–C) groups is 1. The Morgan fingerprint density at radius 3 is 2.22 bits per heavy atom. The summed E-state index contributed by atoms with van der Waals surface area (Å²) in [6.07, 6.45) is -16.3. The van der Waals surface area contributed by atoms with E-state index in [4.69, 9.17) is 10.5 Å². The molecule has 2 heterocycles. The number of ether oxygens (including phenoxy) is 1. The normalized spacial score (nSPS) is 18.4. The molecule has 2 aliphatic rings. The molecular formula is C27H26F6N4O4. The van der Waals surface area contributed by atoms with Crippen LogP contribution in [0.1, 0.15) is 36.8 Å². The van der Waals surface area contributed by atoms with Gasteiger partial charge >= 0.3 is 12.4 Å². The van der Waals surface area contributed by atoms with Crippen LogP contribution in [0.3, 0.4) is 0 Å². The first-order chi connectivity index (χ1) is 19.2. The number of hydrogen-bond donors (Lipinski definition) is 2. The Hall–Kier alpha value is -4.10. The van der Waals surface area contributed by atoms with Gasteiger partial charge in [0.2, 0.25) is 18.0 Å². The van der Waals surface area contributed by atoms with Gasteiger partial charge in [-0.1, -0.05) is 42.5 Å². The summed E-state index contributed by atoms with van der Waals surface area (Å²) in [5, 5.41) is 2.31. The number of hydrogen-bond acceptors (Lipinski definition) is 5. The topological polar surface area (TPSA) is 114 Å². The molecule has 8 nitrogen and oxygen atoms in total. The maximum Gasteiger partial charge on any atom is 0.389 e. The van der Waals surface area contributed by atoms with E-state index in [-0.39, 0.29) is 18.9 Å². The fourth-order valence-corrected chi connectivity index (χ4v) is 4.95. The number of benzene rings is 2. The summed E-state index contributed by atoms with van der Waals surface area (Å²) in [6, 6.07) is 13.6. The molecule has 3 atom stereocenters. The van der Waals surface area contributed by atoms with Gasteiger partial charge in [0.05, 0.1) is 17.9 Å². The third-order valence-corrected chi connectivity index (χ3v) is 6.85. The van der Waals surface area contributed by atoms with Gasteiger partial charge in [-0.05, 0) is 18.9 Å². The number of amides is 3. The van der Waals surface area contributed by atoms with Crippen LogP contribution in [-0.4, -0.2) is 55.1 Å². The van der Waals surface area contributed by atoms with Crippen molar-refractivity contribution in [1.29, 1.82) is 0 Å². The van der Waals surface area contributed by atoms with Crippen LogP contribution in [0.15, 0.2) is 53.5 Å². The second kappa shape index (κ2) is 11.8. The Bertz CT molecular complexity index is 1330. The van der Waals surface area contributed by atoms with E-state index in [0.29, 0.717) is 22.6 Å². The van der Waals surface area contributed by atoms with Crippen LogP contribution in [0, 0.1) is 11.8 Å². The van der Waals surface area contributed by atoms with Crippen LogP contribution >= 0.6 is 0 Å². The van der Waals surface area contributed by atoms with Crippen LogP contribution in [0.2, 0.25) is 0 Å². The first kappa shape index (κ1) is 29.9. The average Bonchev–Trinajstić information content (AvgIpc) is 3.01. The molecule has 0 spiro atoms. The third-order valence-electron chi connectivity index (χ3n) is 6.85. The summed E-state index contributed by atoms with van der Waals surface area (Å²) < 4.78 is 83.8. The first-order valence-corrected chi connectivity index (χ1v) is 12.7. The number of para-hydroxylation sites is 1. The molecule has 2 aromatic carbocycles. The Balaban J connectivity index is 1.73. The van der Waals surface area contributed by atoms with Gasteiger partial charge in [0.15, 0.2) is 0 Å². The molecule has 4 rings (SSSR count). The fraction of sp³-hybridized carbons (Fsp3) is 0.407. The zero-order valence-corrected chi connectivity index (χ0v) is 21.5. The maximum absolute atomic E-state index is 13.7. The lowest BCUT2D eigenvalue weighted by Crippen LogP contribution is -2.52. The van der Waals surface area contributed by atoms with Crippen LogP contribution < -0.4 is 20.7 Å². The molecule has 2 aliphatic heterocycles. The summed E-state index contributed by atoms with van der Waals surface area (Å²) in [7, 11) is 0. The van der Waals surface area contributed by atoms with E-state index < -0.39 is 73.8 Å². The number of halogens is 6. The van der Waals surface area contributed by atoms with Crippen molar-refractivity contribution in [3.63, 3.8) is 0 Å². The van der Waals surface area contributed by atoms with Crippen molar-refractivity contribution in [2.75, 3.05) is 18.1 Å². The van der Waals surface area contributed by atoms with Crippen molar-refractivity contribution in [1.82, 2.24) is 5.32 Å². The molecule has 14 heteroatoms. The Kier molecular flexibility index (Phi) is 8.59. The molecule has 0 bridgehead atoms. The van der Waals surface area contributed by atoms with E-state index in [9.17, 15) is 40.7 Å². The van der Waals surface area contributed by atoms with Gasteiger partial charge in [-0.3, -0.25) is 14.4 Å². The summed E-state index contributed by atoms with van der Waals surface area (Å²) in [6.45, 7) is 0.179. The minimum Gasteiger partial charge on any atom is -0.490 e. The molecule has 0 fully saturated rings. The van der Waals surface area contributed by atoms with Crippen molar-refractivity contribution in [3.05, 3.63) is 59.7 Å². The van der Waals surface area contributed by atoms with Gasteiger partial charge in [-0.15, -0.1) is 0 Å². The summed E-state index contributed by atoms with van der Waals surface area (Å²) >= 11 is 0. The minimum atomic E-state index is -4.77. The summed E-state index contributed by atoms with van der Waals surface area (Å²) in [4.78, 5) is 45.0. The molecule has 0 saturated heterocycles. The van der Waals surface area contributed by atoms with E-state index in [1.54, 1.807) is 48.5 Å². The monoisotopic (exact) mass is 584 g/mol. The van der Waals surface area contributed by atoms with Crippen molar-refractivity contribution in [2.45, 2.75) is 44.2 Å². The van der Waals surface area contributed by atoms with Crippen LogP contribution in [0.4, 0.5) is 32.0 Å². The van der Waals surface area contributed by atoms with Crippen molar-refractivity contribution in [3.8, 4) is 5.75 Å². The van der Waals surface area contributed by atoms with Gasteiger partial charge in [-0.25, -0.2) is 4.99 Å². The molecule has 0 unspecified atom stereocenters. The highest BCUT2D eigenvalue weighted by atomic mass is 19.4. The molecule has 220 valence electrons. The Morgan fingerprint density at radius 2 is 1.61 bits per heavy atom. The minimum absolute atomic E-state index is 0.0692. The van der Waals surface area contributed by atoms with Gasteiger partial charge in [0, 0.05) is 35.8 Å². The molecule has 0 aromatic heterocycles. The highest BCUT2D eigenvalue weighted by molar-refractivity contribution is 6.21. The van der Waals surface area contributed by atoms with Crippen molar-refractivity contribution < 1.29 is 45.5 Å². The quantitative estimate of drug-likeness (QED) is 0.432. The van der Waals surface area contributed by atoms with Crippen molar-refractivity contribution in [2.24, 2.45) is 22.6 Å². The predicted molar refractivity (Wildman–Crippen MR) is 135 cm³/mol. The van der Waals surface area contributed by atoms with Gasteiger partial charge in [0.25, 0.3) is 5.91 Å². The molecular weight excluding hydrogens is 558 g/mol. The number of nitrogens with zero attached hydrogens (tertiary/aromatic N) is 2. The first-order valence-electron chi connectivity index (χ1n) is 12.7. The van der Waals surface area contributed by atoms with E-state index in [0.717, 1.165) is 0 Å². The van der Waals surface area contributed by atoms with Crippen LogP contribution in [0.5, 0.6) is 5.75 Å². The highest BCUT2D eigenvalue weighted by Crippen LogP contribution is 2.39.